The number of hydrogen-bond acceptors (Lipinski definition) is 5. The number of rotatable bonds is 3. The molecular formula is C12H16N4OS. The summed E-state index contributed by atoms with van der Waals surface area (Å²) >= 11 is 1.56. The van der Waals surface area contributed by atoms with Crippen LogP contribution in [-0.4, -0.2) is 34.4 Å². The van der Waals surface area contributed by atoms with Gasteiger partial charge in [-0.15, -0.1) is 0 Å². The topological polar surface area (TPSA) is 66.4 Å². The normalized spacial score (nSPS) is 14.5. The van der Waals surface area contributed by atoms with E-state index in [9.17, 15) is 4.79 Å². The van der Waals surface area contributed by atoms with Gasteiger partial charge in [0.15, 0.2) is 5.17 Å². The van der Waals surface area contributed by atoms with Crippen molar-refractivity contribution in [2.24, 2.45) is 4.99 Å². The fourth-order valence-corrected chi connectivity index (χ4v) is 2.28. The van der Waals surface area contributed by atoms with Crippen LogP contribution in [0.4, 0.5) is 5.82 Å². The predicted octanol–water partition coefficient (Wildman–Crippen LogP) is 1.73. The largest absolute Gasteiger partial charge is 0.367 e. The first-order chi connectivity index (χ1) is 8.66. The van der Waals surface area contributed by atoms with Gasteiger partial charge in [0.05, 0.1) is 12.1 Å². The average Bonchev–Trinajstić information content (AvgIpc) is 2.81. The van der Waals surface area contributed by atoms with Crippen molar-refractivity contribution in [1.29, 1.82) is 0 Å². The standard InChI is InChI=1S/C12H16N4OS/c1-8(2)15-10-9(4-3-5-13-10)11(17)16-12-14-6-7-18-12/h3-5,8H,6-7H2,1-2H3,(H,13,15)(H,14,16,17). The molecule has 2 N–H and O–H groups in total. The summed E-state index contributed by atoms with van der Waals surface area (Å²) in [5, 5.41) is 6.66. The van der Waals surface area contributed by atoms with Crippen LogP contribution in [0.5, 0.6) is 0 Å². The van der Waals surface area contributed by atoms with Gasteiger partial charge in [0, 0.05) is 18.0 Å². The van der Waals surface area contributed by atoms with E-state index in [0.717, 1.165) is 12.3 Å². The van der Waals surface area contributed by atoms with Crippen molar-refractivity contribution in [3.63, 3.8) is 0 Å². The lowest BCUT2D eigenvalue weighted by Gasteiger charge is -2.13. The van der Waals surface area contributed by atoms with E-state index in [2.05, 4.69) is 20.6 Å². The number of carbonyl (C=O) groups excluding carboxylic acids is 1. The van der Waals surface area contributed by atoms with Crippen molar-refractivity contribution < 1.29 is 4.79 Å². The molecule has 0 fully saturated rings. The van der Waals surface area contributed by atoms with Crippen molar-refractivity contribution >= 4 is 28.7 Å². The van der Waals surface area contributed by atoms with Gasteiger partial charge in [-0.05, 0) is 26.0 Å². The maximum Gasteiger partial charge on any atom is 0.260 e. The number of nitrogens with zero attached hydrogens (tertiary/aromatic N) is 2. The van der Waals surface area contributed by atoms with Crippen LogP contribution in [0, 0.1) is 0 Å². The van der Waals surface area contributed by atoms with Crippen LogP contribution in [0.1, 0.15) is 24.2 Å². The molecule has 0 saturated heterocycles. The smallest absolute Gasteiger partial charge is 0.260 e. The number of anilines is 1. The number of hydrogen-bond donors (Lipinski definition) is 2. The van der Waals surface area contributed by atoms with Gasteiger partial charge in [-0.25, -0.2) is 4.98 Å². The molecule has 0 bridgehead atoms. The highest BCUT2D eigenvalue weighted by molar-refractivity contribution is 8.14. The third-order valence-corrected chi connectivity index (χ3v) is 3.17. The summed E-state index contributed by atoms with van der Waals surface area (Å²) in [5.74, 6) is 1.37. The number of amidine groups is 1. The Hall–Kier alpha value is -1.56. The molecule has 96 valence electrons. The maximum atomic E-state index is 12.1. The molecule has 6 heteroatoms. The Bertz CT molecular complexity index is 473. The van der Waals surface area contributed by atoms with Gasteiger partial charge in [-0.2, -0.15) is 0 Å². The number of amides is 1. The van der Waals surface area contributed by atoms with E-state index in [1.165, 1.54) is 0 Å². The van der Waals surface area contributed by atoms with E-state index in [0.29, 0.717) is 16.5 Å². The van der Waals surface area contributed by atoms with E-state index in [-0.39, 0.29) is 11.9 Å². The fraction of sp³-hybridized carbons (Fsp3) is 0.417. The molecule has 18 heavy (non-hydrogen) atoms. The zero-order valence-corrected chi connectivity index (χ0v) is 11.3. The molecule has 0 radical (unpaired) electrons. The molecule has 1 amide bonds. The zero-order chi connectivity index (χ0) is 13.0. The number of aliphatic imine (C=N–C) groups is 1. The van der Waals surface area contributed by atoms with Crippen LogP contribution < -0.4 is 10.6 Å². The van der Waals surface area contributed by atoms with Gasteiger partial charge < -0.3 is 10.6 Å². The van der Waals surface area contributed by atoms with Crippen molar-refractivity contribution in [3.8, 4) is 0 Å². The van der Waals surface area contributed by atoms with E-state index >= 15 is 0 Å². The minimum absolute atomic E-state index is 0.167. The highest BCUT2D eigenvalue weighted by Gasteiger charge is 2.16. The average molecular weight is 264 g/mol. The lowest BCUT2D eigenvalue weighted by atomic mass is 10.2. The van der Waals surface area contributed by atoms with Crippen LogP contribution in [0.2, 0.25) is 0 Å². The summed E-state index contributed by atoms with van der Waals surface area (Å²) < 4.78 is 0. The molecule has 1 aromatic rings. The number of pyridine rings is 1. The van der Waals surface area contributed by atoms with Crippen LogP contribution in [0.15, 0.2) is 23.3 Å². The minimum Gasteiger partial charge on any atom is -0.367 e. The first-order valence-electron chi connectivity index (χ1n) is 5.87. The van der Waals surface area contributed by atoms with Crippen molar-refractivity contribution in [1.82, 2.24) is 10.3 Å². The molecule has 2 heterocycles. The molecule has 0 saturated carbocycles. The quantitative estimate of drug-likeness (QED) is 0.872. The minimum atomic E-state index is -0.167. The Morgan fingerprint density at radius 1 is 1.50 bits per heavy atom. The zero-order valence-electron chi connectivity index (χ0n) is 10.4. The summed E-state index contributed by atoms with van der Waals surface area (Å²) in [6.45, 7) is 4.78. The maximum absolute atomic E-state index is 12.1. The predicted molar refractivity (Wildman–Crippen MR) is 75.2 cm³/mol. The highest BCUT2D eigenvalue weighted by atomic mass is 32.2. The number of thioether (sulfide) groups is 1. The van der Waals surface area contributed by atoms with Crippen molar-refractivity contribution in [2.45, 2.75) is 19.9 Å². The van der Waals surface area contributed by atoms with Crippen LogP contribution in [-0.2, 0) is 0 Å². The van der Waals surface area contributed by atoms with Gasteiger partial charge >= 0.3 is 0 Å². The fourth-order valence-electron chi connectivity index (χ4n) is 1.55. The van der Waals surface area contributed by atoms with Crippen molar-refractivity contribution in [3.05, 3.63) is 23.9 Å². The molecule has 0 atom stereocenters. The van der Waals surface area contributed by atoms with E-state index < -0.39 is 0 Å². The Balaban J connectivity index is 2.13. The second-order valence-electron chi connectivity index (χ2n) is 4.19. The van der Waals surface area contributed by atoms with Crippen molar-refractivity contribution in [2.75, 3.05) is 17.6 Å². The van der Waals surface area contributed by atoms with Crippen LogP contribution in [0.3, 0.4) is 0 Å². The second kappa shape index (κ2) is 5.86. The van der Waals surface area contributed by atoms with Gasteiger partial charge in [-0.3, -0.25) is 9.79 Å². The summed E-state index contributed by atoms with van der Waals surface area (Å²) in [6, 6.07) is 3.74. The second-order valence-corrected chi connectivity index (χ2v) is 5.27. The third kappa shape index (κ3) is 3.22. The molecule has 0 aliphatic carbocycles. The summed E-state index contributed by atoms with van der Waals surface area (Å²) in [6.07, 6.45) is 1.67. The SMILES string of the molecule is CC(C)Nc1ncccc1C(=O)NC1=NCCS1. The summed E-state index contributed by atoms with van der Waals surface area (Å²) in [5.41, 5.74) is 0.543. The van der Waals surface area contributed by atoms with Gasteiger partial charge in [0.2, 0.25) is 0 Å². The Morgan fingerprint density at radius 3 is 3.00 bits per heavy atom. The molecule has 1 aromatic heterocycles. The molecule has 0 unspecified atom stereocenters. The Labute approximate surface area is 110 Å². The summed E-state index contributed by atoms with van der Waals surface area (Å²) in [4.78, 5) is 20.5. The Morgan fingerprint density at radius 2 is 2.33 bits per heavy atom. The monoisotopic (exact) mass is 264 g/mol. The lowest BCUT2D eigenvalue weighted by molar-refractivity contribution is 0.0978. The van der Waals surface area contributed by atoms with Crippen LogP contribution >= 0.6 is 11.8 Å². The third-order valence-electron chi connectivity index (χ3n) is 2.28. The van der Waals surface area contributed by atoms with Gasteiger partial charge in [0.25, 0.3) is 5.91 Å². The lowest BCUT2D eigenvalue weighted by Crippen LogP contribution is -2.29. The molecular weight excluding hydrogens is 248 g/mol. The first-order valence-corrected chi connectivity index (χ1v) is 6.85. The van der Waals surface area contributed by atoms with E-state index in [1.807, 2.05) is 13.8 Å². The number of carbonyl (C=O) groups is 1. The highest BCUT2D eigenvalue weighted by Crippen LogP contribution is 2.14. The molecule has 5 nitrogen and oxygen atoms in total. The van der Waals surface area contributed by atoms with E-state index in [1.54, 1.807) is 30.1 Å². The van der Waals surface area contributed by atoms with Gasteiger partial charge in [0.1, 0.15) is 5.82 Å². The number of aromatic nitrogens is 1. The molecule has 0 aromatic carbocycles. The Kier molecular flexibility index (Phi) is 4.19. The van der Waals surface area contributed by atoms with Gasteiger partial charge in [-0.1, -0.05) is 11.8 Å². The van der Waals surface area contributed by atoms with Crippen LogP contribution in [0.25, 0.3) is 0 Å². The molecule has 2 rings (SSSR count). The molecule has 0 spiro atoms. The first kappa shape index (κ1) is 12.9. The van der Waals surface area contributed by atoms with E-state index in [4.69, 9.17) is 0 Å². The molecule has 1 aliphatic heterocycles. The summed E-state index contributed by atoms with van der Waals surface area (Å²) in [7, 11) is 0. The number of nitrogens with one attached hydrogen (secondary N) is 2. The molecule has 1 aliphatic rings.